The number of aliphatic hydroxyl groups excluding tert-OH is 1. The number of hydrogen-bond acceptors (Lipinski definition) is 2. The number of aliphatic hydroxyl groups is 1. The zero-order valence-corrected chi connectivity index (χ0v) is 11.9. The molecule has 1 N–H and O–H groups in total. The molecule has 0 saturated heterocycles. The van der Waals surface area contributed by atoms with E-state index in [1.807, 2.05) is 55.5 Å². The van der Waals surface area contributed by atoms with Crippen molar-refractivity contribution in [2.24, 2.45) is 0 Å². The summed E-state index contributed by atoms with van der Waals surface area (Å²) < 4.78 is 1.60. The summed E-state index contributed by atoms with van der Waals surface area (Å²) in [5.41, 5.74) is 1.58. The number of aromatic nitrogens is 1. The van der Waals surface area contributed by atoms with Crippen molar-refractivity contribution < 1.29 is 5.11 Å². The van der Waals surface area contributed by atoms with Crippen LogP contribution < -0.4 is 5.56 Å². The van der Waals surface area contributed by atoms with Gasteiger partial charge in [0.15, 0.2) is 0 Å². The lowest BCUT2D eigenvalue weighted by Gasteiger charge is -2.15. The summed E-state index contributed by atoms with van der Waals surface area (Å²) in [5, 5.41) is 12.7. The summed E-state index contributed by atoms with van der Waals surface area (Å²) in [6, 6.07) is 19.0. The molecular weight excluding hydrogens is 262 g/mol. The van der Waals surface area contributed by atoms with Crippen molar-refractivity contribution in [1.29, 1.82) is 0 Å². The second-order valence-electron chi connectivity index (χ2n) is 5.24. The van der Waals surface area contributed by atoms with Gasteiger partial charge in [-0.15, -0.1) is 0 Å². The van der Waals surface area contributed by atoms with Gasteiger partial charge in [-0.1, -0.05) is 42.5 Å². The molecule has 0 bridgehead atoms. The predicted molar refractivity (Wildman–Crippen MR) is 84.3 cm³/mol. The van der Waals surface area contributed by atoms with Crippen LogP contribution in [-0.2, 0) is 6.54 Å². The Bertz CT molecular complexity index is 836. The van der Waals surface area contributed by atoms with Gasteiger partial charge in [0.1, 0.15) is 0 Å². The molecule has 0 radical (unpaired) electrons. The van der Waals surface area contributed by atoms with Crippen molar-refractivity contribution in [1.82, 2.24) is 4.57 Å². The minimum absolute atomic E-state index is 0.0881. The van der Waals surface area contributed by atoms with Gasteiger partial charge in [-0.05, 0) is 35.4 Å². The first-order valence-electron chi connectivity index (χ1n) is 6.98. The number of pyridine rings is 1. The van der Waals surface area contributed by atoms with E-state index < -0.39 is 6.10 Å². The fraction of sp³-hybridized carbons (Fsp3) is 0.167. The molecule has 0 fully saturated rings. The van der Waals surface area contributed by atoms with Crippen LogP contribution in [0.2, 0.25) is 0 Å². The Hall–Kier alpha value is -2.39. The molecule has 0 aliphatic rings. The van der Waals surface area contributed by atoms with E-state index in [0.717, 1.165) is 22.0 Å². The van der Waals surface area contributed by atoms with Crippen LogP contribution in [0.15, 0.2) is 65.5 Å². The molecule has 0 amide bonds. The van der Waals surface area contributed by atoms with Gasteiger partial charge >= 0.3 is 0 Å². The van der Waals surface area contributed by atoms with Gasteiger partial charge in [-0.2, -0.15) is 0 Å². The van der Waals surface area contributed by atoms with Crippen LogP contribution in [0, 0.1) is 6.92 Å². The van der Waals surface area contributed by atoms with E-state index in [-0.39, 0.29) is 12.1 Å². The fourth-order valence-electron chi connectivity index (χ4n) is 2.55. The van der Waals surface area contributed by atoms with Crippen molar-refractivity contribution in [3.63, 3.8) is 0 Å². The first-order valence-corrected chi connectivity index (χ1v) is 6.98. The lowest BCUT2D eigenvalue weighted by Crippen LogP contribution is -2.24. The Labute approximate surface area is 123 Å². The van der Waals surface area contributed by atoms with E-state index in [0.29, 0.717) is 0 Å². The van der Waals surface area contributed by atoms with Crippen LogP contribution in [0.4, 0.5) is 0 Å². The number of rotatable bonds is 3. The molecule has 2 aromatic carbocycles. The molecule has 3 rings (SSSR count). The van der Waals surface area contributed by atoms with Gasteiger partial charge in [0.25, 0.3) is 5.56 Å². The van der Waals surface area contributed by atoms with Crippen LogP contribution in [0.5, 0.6) is 0 Å². The van der Waals surface area contributed by atoms with Gasteiger partial charge in [-0.25, -0.2) is 0 Å². The van der Waals surface area contributed by atoms with Crippen molar-refractivity contribution in [3.8, 4) is 0 Å². The molecule has 1 heterocycles. The number of nitrogens with zero attached hydrogens (tertiary/aromatic N) is 1. The lowest BCUT2D eigenvalue weighted by molar-refractivity contribution is 0.154. The third-order valence-electron chi connectivity index (χ3n) is 3.78. The molecule has 106 valence electrons. The Morgan fingerprint density at radius 1 is 1.00 bits per heavy atom. The molecule has 3 heteroatoms. The molecular formula is C18H17NO2. The van der Waals surface area contributed by atoms with E-state index >= 15 is 0 Å². The Morgan fingerprint density at radius 3 is 2.52 bits per heavy atom. The number of hydrogen-bond donors (Lipinski definition) is 1. The highest BCUT2D eigenvalue weighted by molar-refractivity contribution is 5.83. The van der Waals surface area contributed by atoms with E-state index in [4.69, 9.17) is 0 Å². The summed E-state index contributed by atoms with van der Waals surface area (Å²) in [7, 11) is 0. The molecule has 0 aliphatic carbocycles. The highest BCUT2D eigenvalue weighted by Crippen LogP contribution is 2.21. The standard InChI is InChI=1S/C18H17NO2/c1-13-5-4-8-18(21)19(13)12-17(20)16-10-9-14-6-2-3-7-15(14)11-16/h2-11,17,20H,12H2,1H3. The molecule has 0 spiro atoms. The molecule has 1 atom stereocenters. The lowest BCUT2D eigenvalue weighted by atomic mass is 10.0. The third kappa shape index (κ3) is 2.73. The van der Waals surface area contributed by atoms with Crippen molar-refractivity contribution >= 4 is 10.8 Å². The second-order valence-corrected chi connectivity index (χ2v) is 5.24. The smallest absolute Gasteiger partial charge is 0.250 e. The Balaban J connectivity index is 1.93. The predicted octanol–water partition coefficient (Wildman–Crippen LogP) is 3.04. The molecule has 0 saturated carbocycles. The van der Waals surface area contributed by atoms with Gasteiger partial charge in [0.2, 0.25) is 0 Å². The zero-order valence-electron chi connectivity index (χ0n) is 11.9. The molecule has 3 nitrogen and oxygen atoms in total. The maximum absolute atomic E-state index is 11.9. The first-order chi connectivity index (χ1) is 10.1. The van der Waals surface area contributed by atoms with Gasteiger partial charge < -0.3 is 9.67 Å². The van der Waals surface area contributed by atoms with Crippen LogP contribution >= 0.6 is 0 Å². The van der Waals surface area contributed by atoms with E-state index in [1.54, 1.807) is 10.6 Å². The van der Waals surface area contributed by atoms with Crippen LogP contribution in [-0.4, -0.2) is 9.67 Å². The summed E-state index contributed by atoms with van der Waals surface area (Å²) in [5.74, 6) is 0. The quantitative estimate of drug-likeness (QED) is 0.800. The SMILES string of the molecule is Cc1cccc(=O)n1CC(O)c1ccc2ccccc2c1. The Morgan fingerprint density at radius 2 is 1.76 bits per heavy atom. The monoisotopic (exact) mass is 279 g/mol. The molecule has 1 aromatic heterocycles. The minimum atomic E-state index is -0.701. The summed E-state index contributed by atoms with van der Waals surface area (Å²) in [6.07, 6.45) is -0.701. The fourth-order valence-corrected chi connectivity index (χ4v) is 2.55. The Kier molecular flexibility index (Phi) is 3.59. The number of aryl methyl sites for hydroxylation is 1. The minimum Gasteiger partial charge on any atom is -0.387 e. The maximum Gasteiger partial charge on any atom is 0.250 e. The van der Waals surface area contributed by atoms with Crippen molar-refractivity contribution in [2.75, 3.05) is 0 Å². The van der Waals surface area contributed by atoms with E-state index in [1.165, 1.54) is 6.07 Å². The summed E-state index contributed by atoms with van der Waals surface area (Å²) in [4.78, 5) is 11.9. The van der Waals surface area contributed by atoms with E-state index in [9.17, 15) is 9.90 Å². The zero-order chi connectivity index (χ0) is 14.8. The van der Waals surface area contributed by atoms with Crippen LogP contribution in [0.1, 0.15) is 17.4 Å². The number of benzene rings is 2. The average molecular weight is 279 g/mol. The van der Waals surface area contributed by atoms with Crippen LogP contribution in [0.3, 0.4) is 0 Å². The van der Waals surface area contributed by atoms with Gasteiger partial charge in [-0.3, -0.25) is 4.79 Å². The topological polar surface area (TPSA) is 42.2 Å². The molecule has 1 unspecified atom stereocenters. The molecule has 21 heavy (non-hydrogen) atoms. The molecule has 0 aliphatic heterocycles. The summed E-state index contributed by atoms with van der Waals surface area (Å²) >= 11 is 0. The maximum atomic E-state index is 11.9. The van der Waals surface area contributed by atoms with Crippen LogP contribution in [0.25, 0.3) is 10.8 Å². The second kappa shape index (κ2) is 5.54. The highest BCUT2D eigenvalue weighted by atomic mass is 16.3. The van der Waals surface area contributed by atoms with Gasteiger partial charge in [0.05, 0.1) is 12.6 Å². The van der Waals surface area contributed by atoms with Gasteiger partial charge in [0, 0.05) is 11.8 Å². The number of fused-ring (bicyclic) bond motifs is 1. The van der Waals surface area contributed by atoms with Crippen molar-refractivity contribution in [3.05, 3.63) is 82.3 Å². The third-order valence-corrected chi connectivity index (χ3v) is 3.78. The van der Waals surface area contributed by atoms with Crippen molar-refractivity contribution in [2.45, 2.75) is 19.6 Å². The highest BCUT2D eigenvalue weighted by Gasteiger charge is 2.11. The summed E-state index contributed by atoms with van der Waals surface area (Å²) in [6.45, 7) is 2.14. The van der Waals surface area contributed by atoms with E-state index in [2.05, 4.69) is 0 Å². The normalized spacial score (nSPS) is 12.5. The molecule has 3 aromatic rings. The largest absolute Gasteiger partial charge is 0.387 e. The first kappa shape index (κ1) is 13.6. The average Bonchev–Trinajstić information content (AvgIpc) is 2.50.